The van der Waals surface area contributed by atoms with E-state index in [1.165, 1.54) is 0 Å². The van der Waals surface area contributed by atoms with Crippen molar-refractivity contribution in [3.63, 3.8) is 0 Å². The number of nitrogens with zero attached hydrogens (tertiary/aromatic N) is 1. The second-order valence-corrected chi connectivity index (χ2v) is 5.76. The van der Waals surface area contributed by atoms with Crippen LogP contribution < -0.4 is 4.74 Å². The lowest BCUT2D eigenvalue weighted by molar-refractivity contribution is -0.167. The Morgan fingerprint density at radius 1 is 0.917 bits per heavy atom. The maximum absolute atomic E-state index is 12.6. The minimum Gasteiger partial charge on any atom is -0.478 e. The molecule has 0 aliphatic carbocycles. The van der Waals surface area contributed by atoms with Gasteiger partial charge < -0.3 is 14.1 Å². The minimum atomic E-state index is -0.553. The Kier molecular flexibility index (Phi) is 3.79. The smallest absolute Gasteiger partial charge is 0.267 e. The molecule has 1 aliphatic heterocycles. The fourth-order valence-electron chi connectivity index (χ4n) is 3.00. The molecule has 0 radical (unpaired) electrons. The number of hydrogen-bond acceptors (Lipinski definition) is 3. The van der Waals surface area contributed by atoms with Crippen LogP contribution in [0.5, 0.6) is 5.75 Å². The first-order chi connectivity index (χ1) is 11.8. The maximum Gasteiger partial charge on any atom is 0.267 e. The molecule has 0 saturated carbocycles. The van der Waals surface area contributed by atoms with Crippen LogP contribution >= 0.6 is 0 Å². The Morgan fingerprint density at radius 2 is 1.62 bits per heavy atom. The molecule has 4 nitrogen and oxygen atoms in total. The minimum absolute atomic E-state index is 0.0240. The molecule has 1 aliphatic rings. The highest BCUT2D eigenvalue weighted by molar-refractivity contribution is 5.89. The van der Waals surface area contributed by atoms with Crippen molar-refractivity contribution in [3.05, 3.63) is 90.4 Å². The summed E-state index contributed by atoms with van der Waals surface area (Å²) in [5.74, 6) is 1.40. The topological polar surface area (TPSA) is 42.7 Å². The Balaban J connectivity index is 1.58. The molecular weight excluding hydrogens is 302 g/mol. The zero-order valence-corrected chi connectivity index (χ0v) is 13.0. The van der Waals surface area contributed by atoms with E-state index in [4.69, 9.17) is 9.15 Å². The number of carbonyl (C=O) groups is 1. The molecule has 120 valence electrons. The van der Waals surface area contributed by atoms with Gasteiger partial charge >= 0.3 is 0 Å². The van der Waals surface area contributed by atoms with Crippen LogP contribution in [0.3, 0.4) is 0 Å². The SMILES string of the molecule is O=C1[C@H](Oc2ccccc2)[C@H](c2ccco2)N1Cc1ccccc1. The molecule has 1 aromatic heterocycles. The lowest BCUT2D eigenvalue weighted by Gasteiger charge is -2.45. The average molecular weight is 319 g/mol. The number of amides is 1. The number of rotatable bonds is 5. The van der Waals surface area contributed by atoms with Gasteiger partial charge in [0, 0.05) is 6.54 Å². The van der Waals surface area contributed by atoms with Crippen LogP contribution in [0.4, 0.5) is 0 Å². The van der Waals surface area contributed by atoms with E-state index in [0.29, 0.717) is 12.3 Å². The van der Waals surface area contributed by atoms with Gasteiger partial charge in [-0.3, -0.25) is 4.79 Å². The highest BCUT2D eigenvalue weighted by Crippen LogP contribution is 2.38. The van der Waals surface area contributed by atoms with E-state index in [2.05, 4.69) is 0 Å². The van der Waals surface area contributed by atoms with E-state index in [-0.39, 0.29) is 11.9 Å². The predicted molar refractivity (Wildman–Crippen MR) is 89.3 cm³/mol. The summed E-state index contributed by atoms with van der Waals surface area (Å²) in [4.78, 5) is 14.4. The fraction of sp³-hybridized carbons (Fsp3) is 0.150. The van der Waals surface area contributed by atoms with Crippen LogP contribution in [0.25, 0.3) is 0 Å². The molecule has 0 N–H and O–H groups in total. The number of furan rings is 1. The largest absolute Gasteiger partial charge is 0.478 e. The molecule has 2 atom stereocenters. The van der Waals surface area contributed by atoms with Gasteiger partial charge in [-0.1, -0.05) is 48.5 Å². The first kappa shape index (κ1) is 14.6. The van der Waals surface area contributed by atoms with Crippen molar-refractivity contribution < 1.29 is 13.9 Å². The first-order valence-electron chi connectivity index (χ1n) is 7.92. The third kappa shape index (κ3) is 2.67. The van der Waals surface area contributed by atoms with Gasteiger partial charge in [-0.15, -0.1) is 0 Å². The molecular formula is C20H17NO3. The lowest BCUT2D eigenvalue weighted by atomic mass is 9.94. The van der Waals surface area contributed by atoms with Crippen molar-refractivity contribution in [1.82, 2.24) is 4.90 Å². The second-order valence-electron chi connectivity index (χ2n) is 5.76. The molecule has 0 bridgehead atoms. The van der Waals surface area contributed by atoms with Crippen molar-refractivity contribution in [1.29, 1.82) is 0 Å². The number of carbonyl (C=O) groups excluding carboxylic acids is 1. The second kappa shape index (κ2) is 6.24. The van der Waals surface area contributed by atoms with E-state index in [1.54, 1.807) is 11.2 Å². The highest BCUT2D eigenvalue weighted by atomic mass is 16.5. The Bertz CT molecular complexity index is 748. The van der Waals surface area contributed by atoms with E-state index < -0.39 is 6.10 Å². The normalized spacial score (nSPS) is 19.8. The molecule has 0 unspecified atom stereocenters. The summed E-state index contributed by atoms with van der Waals surface area (Å²) in [6, 6.07) is 22.8. The summed E-state index contributed by atoms with van der Waals surface area (Å²) in [6.45, 7) is 0.541. The first-order valence-corrected chi connectivity index (χ1v) is 7.92. The van der Waals surface area contributed by atoms with Crippen LogP contribution in [0.1, 0.15) is 17.4 Å². The fourth-order valence-corrected chi connectivity index (χ4v) is 3.00. The molecule has 2 aromatic carbocycles. The number of likely N-dealkylation sites (tertiary alicyclic amines) is 1. The molecule has 1 fully saturated rings. The van der Waals surface area contributed by atoms with Gasteiger partial charge in [0.2, 0.25) is 6.10 Å². The predicted octanol–water partition coefficient (Wildman–Crippen LogP) is 3.81. The van der Waals surface area contributed by atoms with Gasteiger partial charge in [-0.2, -0.15) is 0 Å². The van der Waals surface area contributed by atoms with Crippen LogP contribution in [0, 0.1) is 0 Å². The number of ether oxygens (including phenoxy) is 1. The Morgan fingerprint density at radius 3 is 2.29 bits per heavy atom. The Hall–Kier alpha value is -3.01. The summed E-state index contributed by atoms with van der Waals surface area (Å²) in [5.41, 5.74) is 1.08. The summed E-state index contributed by atoms with van der Waals surface area (Å²) in [7, 11) is 0. The average Bonchev–Trinajstić information content (AvgIpc) is 3.16. The van der Waals surface area contributed by atoms with Gasteiger partial charge in [0.15, 0.2) is 0 Å². The maximum atomic E-state index is 12.6. The molecule has 0 spiro atoms. The van der Waals surface area contributed by atoms with Crippen molar-refractivity contribution >= 4 is 5.91 Å². The van der Waals surface area contributed by atoms with Crippen molar-refractivity contribution in [2.45, 2.75) is 18.7 Å². The van der Waals surface area contributed by atoms with Crippen molar-refractivity contribution in [3.8, 4) is 5.75 Å². The van der Waals surface area contributed by atoms with Gasteiger partial charge in [0.05, 0.1) is 6.26 Å². The third-order valence-corrected chi connectivity index (χ3v) is 4.19. The summed E-state index contributed by atoms with van der Waals surface area (Å²) in [5, 5.41) is 0. The molecule has 1 amide bonds. The number of benzene rings is 2. The van der Waals surface area contributed by atoms with E-state index in [0.717, 1.165) is 11.3 Å². The summed E-state index contributed by atoms with van der Waals surface area (Å²) in [6.07, 6.45) is 1.07. The van der Waals surface area contributed by atoms with Crippen LogP contribution in [0.15, 0.2) is 83.5 Å². The third-order valence-electron chi connectivity index (χ3n) is 4.19. The van der Waals surface area contributed by atoms with E-state index >= 15 is 0 Å². The van der Waals surface area contributed by atoms with Crippen LogP contribution in [-0.2, 0) is 11.3 Å². The van der Waals surface area contributed by atoms with Gasteiger partial charge in [-0.05, 0) is 29.8 Å². The zero-order valence-electron chi connectivity index (χ0n) is 13.0. The molecule has 3 aromatic rings. The van der Waals surface area contributed by atoms with Gasteiger partial charge in [0.25, 0.3) is 5.91 Å². The molecule has 24 heavy (non-hydrogen) atoms. The monoisotopic (exact) mass is 319 g/mol. The standard InChI is InChI=1S/C20H17NO3/c22-20-19(24-16-10-5-2-6-11-16)18(17-12-7-13-23-17)21(20)14-15-8-3-1-4-9-15/h1-13,18-19H,14H2/t18-,19+/m0/s1. The van der Waals surface area contributed by atoms with Crippen molar-refractivity contribution in [2.24, 2.45) is 0 Å². The van der Waals surface area contributed by atoms with E-state index in [1.807, 2.05) is 72.8 Å². The molecule has 1 saturated heterocycles. The quantitative estimate of drug-likeness (QED) is 0.672. The lowest BCUT2D eigenvalue weighted by Crippen LogP contribution is -2.60. The molecule has 4 rings (SSSR count). The molecule has 4 heteroatoms. The van der Waals surface area contributed by atoms with E-state index in [9.17, 15) is 4.79 Å². The summed E-state index contributed by atoms with van der Waals surface area (Å²) < 4.78 is 11.5. The van der Waals surface area contributed by atoms with Crippen molar-refractivity contribution in [2.75, 3.05) is 0 Å². The van der Waals surface area contributed by atoms with Gasteiger partial charge in [-0.25, -0.2) is 0 Å². The zero-order chi connectivity index (χ0) is 16.4. The van der Waals surface area contributed by atoms with Crippen LogP contribution in [0.2, 0.25) is 0 Å². The number of β-lactam (4-membered cyclic amide) rings is 1. The summed E-state index contributed by atoms with van der Waals surface area (Å²) >= 11 is 0. The number of hydrogen-bond donors (Lipinski definition) is 0. The Labute approximate surface area is 140 Å². The van der Waals surface area contributed by atoms with Crippen LogP contribution in [-0.4, -0.2) is 16.9 Å². The van der Waals surface area contributed by atoms with Gasteiger partial charge in [0.1, 0.15) is 17.6 Å². The molecule has 2 heterocycles. The number of para-hydroxylation sites is 1. The highest BCUT2D eigenvalue weighted by Gasteiger charge is 2.51.